The maximum Gasteiger partial charge on any atom is 0.329 e. The number of aromatic nitrogens is 3. The predicted molar refractivity (Wildman–Crippen MR) is 66.3 cm³/mol. The fraction of sp³-hybridized carbons (Fsp3) is 0.300. The van der Waals surface area contributed by atoms with E-state index in [1.807, 2.05) is 0 Å². The zero-order valence-electron chi connectivity index (χ0n) is 9.58. The molecule has 0 saturated heterocycles. The summed E-state index contributed by atoms with van der Waals surface area (Å²) in [4.78, 5) is 3.70. The van der Waals surface area contributed by atoms with Crippen molar-refractivity contribution < 1.29 is 12.8 Å². The van der Waals surface area contributed by atoms with Crippen molar-refractivity contribution in [1.82, 2.24) is 15.2 Å². The number of sulfonamides is 1. The van der Waals surface area contributed by atoms with Crippen molar-refractivity contribution in [3.63, 3.8) is 0 Å². The minimum atomic E-state index is -3.80. The zero-order chi connectivity index (χ0) is 13.5. The normalized spacial score (nSPS) is 15.4. The van der Waals surface area contributed by atoms with E-state index in [1.54, 1.807) is 0 Å². The summed E-state index contributed by atoms with van der Waals surface area (Å²) in [6.07, 6.45) is 3.29. The van der Waals surface area contributed by atoms with Gasteiger partial charge >= 0.3 is 6.01 Å². The highest BCUT2D eigenvalue weighted by molar-refractivity contribution is 7.92. The molecule has 0 atom stereocenters. The molecule has 2 aromatic heterocycles. The highest BCUT2D eigenvalue weighted by Crippen LogP contribution is 2.39. The molecule has 0 unspecified atom stereocenters. The van der Waals surface area contributed by atoms with E-state index >= 15 is 0 Å². The van der Waals surface area contributed by atoms with Crippen molar-refractivity contribution in [2.24, 2.45) is 0 Å². The first kappa shape index (κ1) is 12.4. The predicted octanol–water partition coefficient (Wildman–Crippen LogP) is 1.80. The van der Waals surface area contributed by atoms with Crippen molar-refractivity contribution in [2.75, 3.05) is 4.72 Å². The largest absolute Gasteiger partial charge is 0.407 e. The Hall–Kier alpha value is -1.67. The van der Waals surface area contributed by atoms with Crippen LogP contribution in [0.25, 0.3) is 0 Å². The molecule has 0 aromatic carbocycles. The number of rotatable bonds is 4. The molecular formula is C10H9ClN4O3S. The fourth-order valence-corrected chi connectivity index (χ4v) is 2.67. The Morgan fingerprint density at radius 3 is 2.84 bits per heavy atom. The van der Waals surface area contributed by atoms with E-state index in [9.17, 15) is 8.42 Å². The van der Waals surface area contributed by atoms with Crippen LogP contribution in [0, 0.1) is 0 Å². The minimum Gasteiger partial charge on any atom is -0.407 e. The van der Waals surface area contributed by atoms with Gasteiger partial charge < -0.3 is 4.42 Å². The Morgan fingerprint density at radius 1 is 1.37 bits per heavy atom. The van der Waals surface area contributed by atoms with Gasteiger partial charge in [-0.05, 0) is 25.0 Å². The second-order valence-corrected chi connectivity index (χ2v) is 6.21. The summed E-state index contributed by atoms with van der Waals surface area (Å²) in [6, 6.07) is 2.42. The molecule has 0 aliphatic heterocycles. The van der Waals surface area contributed by atoms with E-state index < -0.39 is 10.0 Å². The molecule has 1 N–H and O–H groups in total. The molecule has 1 aliphatic rings. The van der Waals surface area contributed by atoms with Gasteiger partial charge in [0, 0.05) is 12.1 Å². The summed E-state index contributed by atoms with van der Waals surface area (Å²) >= 11 is 5.65. The van der Waals surface area contributed by atoms with Gasteiger partial charge in [-0.1, -0.05) is 16.7 Å². The molecule has 0 bridgehead atoms. The monoisotopic (exact) mass is 300 g/mol. The highest BCUT2D eigenvalue weighted by Gasteiger charge is 2.30. The van der Waals surface area contributed by atoms with Crippen LogP contribution < -0.4 is 4.72 Å². The van der Waals surface area contributed by atoms with Crippen LogP contribution in [-0.2, 0) is 10.0 Å². The van der Waals surface area contributed by atoms with Crippen LogP contribution in [0.5, 0.6) is 0 Å². The van der Waals surface area contributed by atoms with Crippen LogP contribution in [0.4, 0.5) is 6.01 Å². The summed E-state index contributed by atoms with van der Waals surface area (Å²) in [5, 5.41) is 7.54. The minimum absolute atomic E-state index is 0.0151. The van der Waals surface area contributed by atoms with E-state index in [2.05, 4.69) is 19.9 Å². The summed E-state index contributed by atoms with van der Waals surface area (Å²) in [5.74, 6) is 0.728. The first-order valence-electron chi connectivity index (χ1n) is 5.52. The van der Waals surface area contributed by atoms with Crippen molar-refractivity contribution in [3.05, 3.63) is 29.4 Å². The SMILES string of the molecule is O=S(=O)(Nc1nnc(C2CC2)o1)c1ccnc(Cl)c1. The van der Waals surface area contributed by atoms with E-state index in [0.717, 1.165) is 12.8 Å². The summed E-state index contributed by atoms with van der Waals surface area (Å²) in [5.41, 5.74) is 0. The maximum absolute atomic E-state index is 12.0. The second-order valence-electron chi connectivity index (χ2n) is 4.14. The zero-order valence-corrected chi connectivity index (χ0v) is 11.1. The molecule has 7 nitrogen and oxygen atoms in total. The molecule has 3 rings (SSSR count). The maximum atomic E-state index is 12.0. The van der Waals surface area contributed by atoms with Gasteiger partial charge in [0.1, 0.15) is 5.15 Å². The van der Waals surface area contributed by atoms with Gasteiger partial charge in [-0.15, -0.1) is 5.10 Å². The summed E-state index contributed by atoms with van der Waals surface area (Å²) in [7, 11) is -3.80. The first-order chi connectivity index (χ1) is 9.04. The molecule has 0 amide bonds. The molecule has 2 aromatic rings. The van der Waals surface area contributed by atoms with E-state index in [-0.39, 0.29) is 22.0 Å². The number of hydrogen-bond acceptors (Lipinski definition) is 6. The molecule has 100 valence electrons. The van der Waals surface area contributed by atoms with Crippen molar-refractivity contribution in [2.45, 2.75) is 23.7 Å². The lowest BCUT2D eigenvalue weighted by Gasteiger charge is -2.03. The third-order valence-corrected chi connectivity index (χ3v) is 4.12. The van der Waals surface area contributed by atoms with Crippen molar-refractivity contribution in [3.8, 4) is 0 Å². The average Bonchev–Trinajstić information content (AvgIpc) is 3.11. The number of nitrogens with one attached hydrogen (secondary N) is 1. The average molecular weight is 301 g/mol. The van der Waals surface area contributed by atoms with Crippen molar-refractivity contribution in [1.29, 1.82) is 0 Å². The van der Waals surface area contributed by atoms with Crippen LogP contribution in [0.2, 0.25) is 5.15 Å². The molecule has 9 heteroatoms. The third-order valence-electron chi connectivity index (χ3n) is 2.60. The van der Waals surface area contributed by atoms with Gasteiger partial charge in [0.05, 0.1) is 4.90 Å². The third kappa shape index (κ3) is 2.69. The lowest BCUT2D eigenvalue weighted by Crippen LogP contribution is -2.13. The van der Waals surface area contributed by atoms with Gasteiger partial charge in [-0.2, -0.15) is 0 Å². The standard InChI is InChI=1S/C10H9ClN4O3S/c11-8-5-7(3-4-12-8)19(16,17)15-10-14-13-9(18-10)6-1-2-6/h3-6H,1-2H2,(H,14,15). The van der Waals surface area contributed by atoms with Gasteiger partial charge in [0.15, 0.2) is 0 Å². The smallest absolute Gasteiger partial charge is 0.329 e. The Kier molecular flexibility index (Phi) is 2.90. The quantitative estimate of drug-likeness (QED) is 0.864. The second kappa shape index (κ2) is 4.46. The summed E-state index contributed by atoms with van der Waals surface area (Å²) < 4.78 is 31.5. The molecule has 19 heavy (non-hydrogen) atoms. The lowest BCUT2D eigenvalue weighted by atomic mass is 10.4. The van der Waals surface area contributed by atoms with Gasteiger partial charge in [0.25, 0.3) is 10.0 Å². The van der Waals surface area contributed by atoms with E-state index in [0.29, 0.717) is 5.89 Å². The van der Waals surface area contributed by atoms with Crippen LogP contribution in [0.3, 0.4) is 0 Å². The van der Waals surface area contributed by atoms with E-state index in [1.165, 1.54) is 18.3 Å². The van der Waals surface area contributed by atoms with Crippen LogP contribution in [-0.4, -0.2) is 23.6 Å². The van der Waals surface area contributed by atoms with Crippen LogP contribution in [0.1, 0.15) is 24.7 Å². The Labute approximate surface area is 114 Å². The lowest BCUT2D eigenvalue weighted by molar-refractivity contribution is 0.510. The molecule has 1 aliphatic carbocycles. The Balaban J connectivity index is 1.84. The Bertz CT molecular complexity index is 711. The highest BCUT2D eigenvalue weighted by atomic mass is 35.5. The van der Waals surface area contributed by atoms with Gasteiger partial charge in [0.2, 0.25) is 5.89 Å². The molecule has 2 heterocycles. The first-order valence-corrected chi connectivity index (χ1v) is 7.38. The summed E-state index contributed by atoms with van der Waals surface area (Å²) in [6.45, 7) is 0. The molecule has 1 fully saturated rings. The number of nitrogens with zero attached hydrogens (tertiary/aromatic N) is 3. The Morgan fingerprint density at radius 2 is 2.16 bits per heavy atom. The van der Waals surface area contributed by atoms with Crippen LogP contribution >= 0.6 is 11.6 Å². The molecule has 0 spiro atoms. The number of halogens is 1. The van der Waals surface area contributed by atoms with Crippen LogP contribution in [0.15, 0.2) is 27.6 Å². The number of pyridine rings is 1. The number of anilines is 1. The molecule has 0 radical (unpaired) electrons. The van der Waals surface area contributed by atoms with Crippen molar-refractivity contribution >= 4 is 27.6 Å². The fourth-order valence-electron chi connectivity index (χ4n) is 1.50. The van der Waals surface area contributed by atoms with Gasteiger partial charge in [-0.3, -0.25) is 0 Å². The number of hydrogen-bond donors (Lipinski definition) is 1. The van der Waals surface area contributed by atoms with Gasteiger partial charge in [-0.25, -0.2) is 18.1 Å². The van der Waals surface area contributed by atoms with E-state index in [4.69, 9.17) is 16.0 Å². The molecular weight excluding hydrogens is 292 g/mol. The topological polar surface area (TPSA) is 98.0 Å². The molecule has 1 saturated carbocycles.